The number of ether oxygens (including phenoxy) is 1. The third-order valence-corrected chi connectivity index (χ3v) is 2.56. The summed E-state index contributed by atoms with van der Waals surface area (Å²) in [7, 11) is 0. The zero-order chi connectivity index (χ0) is 14.1. The Kier molecular flexibility index (Phi) is 6.71. The standard InChI is InChI=1S/C14H21FN2O2/c1-3-5-6-9-16-14(18)17-12-8-7-11(15)10-13(12)19-4-2/h7-8,10H,3-6,9H2,1-2H3,(H2,16,17,18). The predicted octanol–water partition coefficient (Wildman–Crippen LogP) is 3.54. The number of benzene rings is 1. The van der Waals surface area contributed by atoms with E-state index < -0.39 is 5.82 Å². The van der Waals surface area contributed by atoms with E-state index in [0.717, 1.165) is 19.3 Å². The van der Waals surface area contributed by atoms with Gasteiger partial charge in [-0.15, -0.1) is 0 Å². The fraction of sp³-hybridized carbons (Fsp3) is 0.500. The van der Waals surface area contributed by atoms with Crippen molar-refractivity contribution in [2.75, 3.05) is 18.5 Å². The molecule has 5 heteroatoms. The highest BCUT2D eigenvalue weighted by atomic mass is 19.1. The van der Waals surface area contributed by atoms with Crippen LogP contribution in [-0.4, -0.2) is 19.2 Å². The maximum atomic E-state index is 13.1. The van der Waals surface area contributed by atoms with Gasteiger partial charge in [0.25, 0.3) is 0 Å². The van der Waals surface area contributed by atoms with E-state index in [4.69, 9.17) is 4.74 Å². The Morgan fingerprint density at radius 2 is 2.11 bits per heavy atom. The van der Waals surface area contributed by atoms with Crippen molar-refractivity contribution in [2.24, 2.45) is 0 Å². The van der Waals surface area contributed by atoms with Crippen molar-refractivity contribution >= 4 is 11.7 Å². The molecule has 2 amide bonds. The van der Waals surface area contributed by atoms with Gasteiger partial charge in [-0.25, -0.2) is 9.18 Å². The van der Waals surface area contributed by atoms with Crippen LogP contribution in [-0.2, 0) is 0 Å². The van der Waals surface area contributed by atoms with Gasteiger partial charge in [-0.1, -0.05) is 19.8 Å². The molecule has 0 fully saturated rings. The third-order valence-electron chi connectivity index (χ3n) is 2.56. The predicted molar refractivity (Wildman–Crippen MR) is 74.1 cm³/mol. The first-order valence-corrected chi connectivity index (χ1v) is 6.64. The van der Waals surface area contributed by atoms with Gasteiger partial charge in [0.1, 0.15) is 11.6 Å². The summed E-state index contributed by atoms with van der Waals surface area (Å²) in [5.41, 5.74) is 0.469. The van der Waals surface area contributed by atoms with E-state index in [9.17, 15) is 9.18 Å². The summed E-state index contributed by atoms with van der Waals surface area (Å²) < 4.78 is 18.4. The molecule has 0 aliphatic carbocycles. The largest absolute Gasteiger partial charge is 0.492 e. The quantitative estimate of drug-likeness (QED) is 0.743. The molecule has 1 aromatic rings. The SMILES string of the molecule is CCCCCNC(=O)Nc1ccc(F)cc1OCC. The highest BCUT2D eigenvalue weighted by molar-refractivity contribution is 5.90. The van der Waals surface area contributed by atoms with Crippen LogP contribution in [0.3, 0.4) is 0 Å². The Bertz CT molecular complexity index is 410. The molecule has 0 aliphatic rings. The van der Waals surface area contributed by atoms with E-state index in [-0.39, 0.29) is 6.03 Å². The van der Waals surface area contributed by atoms with Crippen LogP contribution in [0.5, 0.6) is 5.75 Å². The number of amides is 2. The molecule has 106 valence electrons. The van der Waals surface area contributed by atoms with E-state index in [1.165, 1.54) is 18.2 Å². The summed E-state index contributed by atoms with van der Waals surface area (Å²) >= 11 is 0. The van der Waals surface area contributed by atoms with E-state index in [2.05, 4.69) is 17.6 Å². The smallest absolute Gasteiger partial charge is 0.319 e. The molecule has 0 radical (unpaired) electrons. The number of rotatable bonds is 7. The first kappa shape index (κ1) is 15.3. The van der Waals surface area contributed by atoms with E-state index in [0.29, 0.717) is 24.6 Å². The lowest BCUT2D eigenvalue weighted by Gasteiger charge is -2.12. The molecule has 0 saturated heterocycles. The molecular formula is C14H21FN2O2. The second kappa shape index (κ2) is 8.34. The highest BCUT2D eigenvalue weighted by Crippen LogP contribution is 2.25. The van der Waals surface area contributed by atoms with Gasteiger partial charge in [-0.05, 0) is 25.5 Å². The van der Waals surface area contributed by atoms with Crippen molar-refractivity contribution in [3.05, 3.63) is 24.0 Å². The average Bonchev–Trinajstić information content (AvgIpc) is 2.38. The number of nitrogens with one attached hydrogen (secondary N) is 2. The van der Waals surface area contributed by atoms with Crippen molar-refractivity contribution in [3.8, 4) is 5.75 Å². The number of unbranched alkanes of at least 4 members (excludes halogenated alkanes) is 2. The molecule has 0 aromatic heterocycles. The Morgan fingerprint density at radius 1 is 1.32 bits per heavy atom. The molecule has 2 N–H and O–H groups in total. The Labute approximate surface area is 113 Å². The van der Waals surface area contributed by atoms with Gasteiger partial charge >= 0.3 is 6.03 Å². The number of carbonyl (C=O) groups is 1. The molecule has 0 bridgehead atoms. The van der Waals surface area contributed by atoms with Crippen molar-refractivity contribution in [2.45, 2.75) is 33.1 Å². The summed E-state index contributed by atoms with van der Waals surface area (Å²) in [6.45, 7) is 4.95. The van der Waals surface area contributed by atoms with Crippen LogP contribution < -0.4 is 15.4 Å². The highest BCUT2D eigenvalue weighted by Gasteiger charge is 2.08. The van der Waals surface area contributed by atoms with E-state index >= 15 is 0 Å². The van der Waals surface area contributed by atoms with Gasteiger partial charge in [0, 0.05) is 12.6 Å². The van der Waals surface area contributed by atoms with Gasteiger partial charge in [0.15, 0.2) is 0 Å². The molecular weight excluding hydrogens is 247 g/mol. The topological polar surface area (TPSA) is 50.4 Å². The third kappa shape index (κ3) is 5.59. The van der Waals surface area contributed by atoms with Crippen LogP contribution in [0.2, 0.25) is 0 Å². The molecule has 0 spiro atoms. The summed E-state index contributed by atoms with van der Waals surface area (Å²) in [5.74, 6) is -0.0523. The molecule has 19 heavy (non-hydrogen) atoms. The second-order valence-electron chi connectivity index (χ2n) is 4.16. The molecule has 4 nitrogen and oxygen atoms in total. The Hall–Kier alpha value is -1.78. The first-order chi connectivity index (χ1) is 9.17. The molecule has 0 saturated carbocycles. The van der Waals surface area contributed by atoms with Gasteiger partial charge in [0.05, 0.1) is 12.3 Å². The zero-order valence-electron chi connectivity index (χ0n) is 11.5. The van der Waals surface area contributed by atoms with Gasteiger partial charge in [0.2, 0.25) is 0 Å². The van der Waals surface area contributed by atoms with Crippen LogP contribution in [0.15, 0.2) is 18.2 Å². The maximum Gasteiger partial charge on any atom is 0.319 e. The van der Waals surface area contributed by atoms with E-state index in [1.807, 2.05) is 0 Å². The number of hydrogen-bond donors (Lipinski definition) is 2. The molecule has 1 rings (SSSR count). The zero-order valence-corrected chi connectivity index (χ0v) is 11.5. The summed E-state index contributed by atoms with van der Waals surface area (Å²) in [4.78, 5) is 11.6. The van der Waals surface area contributed by atoms with Crippen molar-refractivity contribution in [1.29, 1.82) is 0 Å². The van der Waals surface area contributed by atoms with Gasteiger partial charge in [-0.2, -0.15) is 0 Å². The number of carbonyl (C=O) groups excluding carboxylic acids is 1. The Morgan fingerprint density at radius 3 is 2.79 bits per heavy atom. The van der Waals surface area contributed by atoms with Gasteiger partial charge in [-0.3, -0.25) is 0 Å². The van der Waals surface area contributed by atoms with Crippen LogP contribution in [0.1, 0.15) is 33.1 Å². The number of anilines is 1. The molecule has 0 atom stereocenters. The molecule has 0 heterocycles. The van der Waals surface area contributed by atoms with Crippen molar-refractivity contribution in [3.63, 3.8) is 0 Å². The summed E-state index contributed by atoms with van der Waals surface area (Å²) in [6, 6.07) is 3.74. The summed E-state index contributed by atoms with van der Waals surface area (Å²) in [5, 5.41) is 5.41. The lowest BCUT2D eigenvalue weighted by atomic mass is 10.2. The molecule has 0 aliphatic heterocycles. The number of halogens is 1. The number of hydrogen-bond acceptors (Lipinski definition) is 2. The van der Waals surface area contributed by atoms with E-state index in [1.54, 1.807) is 6.92 Å². The lowest BCUT2D eigenvalue weighted by molar-refractivity contribution is 0.251. The van der Waals surface area contributed by atoms with Crippen LogP contribution in [0, 0.1) is 5.82 Å². The monoisotopic (exact) mass is 268 g/mol. The fourth-order valence-corrected chi connectivity index (χ4v) is 1.62. The van der Waals surface area contributed by atoms with Crippen molar-refractivity contribution < 1.29 is 13.9 Å². The Balaban J connectivity index is 2.53. The van der Waals surface area contributed by atoms with Gasteiger partial charge < -0.3 is 15.4 Å². The van der Waals surface area contributed by atoms with Crippen LogP contribution >= 0.6 is 0 Å². The molecule has 0 unspecified atom stereocenters. The van der Waals surface area contributed by atoms with Crippen molar-refractivity contribution in [1.82, 2.24) is 5.32 Å². The average molecular weight is 268 g/mol. The first-order valence-electron chi connectivity index (χ1n) is 6.64. The van der Waals surface area contributed by atoms with Crippen LogP contribution in [0.25, 0.3) is 0 Å². The summed E-state index contributed by atoms with van der Waals surface area (Å²) in [6.07, 6.45) is 3.14. The maximum absolute atomic E-state index is 13.1. The fourth-order valence-electron chi connectivity index (χ4n) is 1.62. The minimum Gasteiger partial charge on any atom is -0.492 e. The van der Waals surface area contributed by atoms with Crippen LogP contribution in [0.4, 0.5) is 14.9 Å². The number of urea groups is 1. The normalized spacial score (nSPS) is 10.1. The second-order valence-corrected chi connectivity index (χ2v) is 4.16. The minimum atomic E-state index is -0.391. The molecule has 1 aromatic carbocycles. The minimum absolute atomic E-state index is 0.302. The lowest BCUT2D eigenvalue weighted by Crippen LogP contribution is -2.29.